The molecule has 0 heterocycles. The quantitative estimate of drug-likeness (QED) is 0.582. The lowest BCUT2D eigenvalue weighted by Crippen LogP contribution is -2.32. The van der Waals surface area contributed by atoms with Gasteiger partial charge in [-0.05, 0) is 48.5 Å². The van der Waals surface area contributed by atoms with Gasteiger partial charge in [0.1, 0.15) is 0 Å². The summed E-state index contributed by atoms with van der Waals surface area (Å²) in [6.07, 6.45) is 0. The monoisotopic (exact) mass is 445 g/mol. The van der Waals surface area contributed by atoms with E-state index in [-0.39, 0.29) is 15.5 Å². The van der Waals surface area contributed by atoms with Gasteiger partial charge in [0.25, 0.3) is 10.0 Å². The minimum Gasteiger partial charge on any atom is -0.325 e. The van der Waals surface area contributed by atoms with Crippen molar-refractivity contribution in [3.8, 4) is 0 Å². The maximum Gasteiger partial charge on any atom is 0.264 e. The maximum atomic E-state index is 12.1. The third kappa shape index (κ3) is 6.02. The summed E-state index contributed by atoms with van der Waals surface area (Å²) in [5.41, 5.74) is 0.248. The molecule has 3 N–H and O–H groups in total. The van der Waals surface area contributed by atoms with Crippen molar-refractivity contribution in [2.24, 2.45) is 0 Å². The molecule has 0 aliphatic rings. The zero-order valence-electron chi connectivity index (χ0n) is 14.5. The molecule has 0 fully saturated rings. The van der Waals surface area contributed by atoms with Crippen molar-refractivity contribution < 1.29 is 26.4 Å². The Bertz CT molecular complexity index is 1080. The largest absolute Gasteiger partial charge is 0.325 e. The minimum absolute atomic E-state index is 0.0442. The van der Waals surface area contributed by atoms with Crippen LogP contribution >= 0.6 is 11.6 Å². The molecule has 12 heteroatoms. The highest BCUT2D eigenvalue weighted by atomic mass is 35.5. The normalized spacial score (nSPS) is 11.6. The first-order valence-corrected chi connectivity index (χ1v) is 11.0. The first kappa shape index (κ1) is 21.8. The number of rotatable bonds is 7. The van der Waals surface area contributed by atoms with Gasteiger partial charge in [-0.3, -0.25) is 9.59 Å². The van der Waals surface area contributed by atoms with Crippen LogP contribution in [-0.4, -0.2) is 35.2 Å². The topological polar surface area (TPSA) is 139 Å². The number of hydrogen-bond donors (Lipinski definition) is 3. The fraction of sp³-hybridized carbons (Fsp3) is 0.125. The second-order valence-electron chi connectivity index (χ2n) is 5.51. The molecule has 2 rings (SSSR count). The average molecular weight is 446 g/mol. The Balaban J connectivity index is 1.98. The SMILES string of the molecule is CC(=O)NS(=O)(=O)c1ccc(NC(=O)CNS(=O)(=O)c2ccc(Cl)cc2)cc1. The molecular weight excluding hydrogens is 430 g/mol. The maximum absolute atomic E-state index is 12.1. The molecule has 9 nitrogen and oxygen atoms in total. The van der Waals surface area contributed by atoms with E-state index < -0.39 is 38.4 Å². The summed E-state index contributed by atoms with van der Waals surface area (Å²) in [6.45, 7) is 0.536. The van der Waals surface area contributed by atoms with Crippen LogP contribution in [0.2, 0.25) is 5.02 Å². The van der Waals surface area contributed by atoms with Crippen LogP contribution in [0.4, 0.5) is 5.69 Å². The molecule has 0 aliphatic heterocycles. The summed E-state index contributed by atoms with van der Waals surface area (Å²) in [4.78, 5) is 22.6. The van der Waals surface area contributed by atoms with E-state index in [9.17, 15) is 26.4 Å². The van der Waals surface area contributed by atoms with Crippen LogP contribution in [0.25, 0.3) is 0 Å². The number of sulfonamides is 2. The standard InChI is InChI=1S/C16H16ClN3O6S2/c1-11(21)20-28(25,26)15-8-4-13(5-9-15)19-16(22)10-18-27(23,24)14-6-2-12(17)3-7-14/h2-9,18H,10H2,1H3,(H,19,22)(H,20,21). The Hall–Kier alpha value is -2.47. The first-order chi connectivity index (χ1) is 13.0. The summed E-state index contributed by atoms with van der Waals surface area (Å²) >= 11 is 5.71. The Morgan fingerprint density at radius 2 is 1.36 bits per heavy atom. The van der Waals surface area contributed by atoms with Crippen LogP contribution in [0, 0.1) is 0 Å². The van der Waals surface area contributed by atoms with Crippen LogP contribution in [0.1, 0.15) is 6.92 Å². The third-order valence-corrected chi connectivity index (χ3v) is 6.39. The van der Waals surface area contributed by atoms with Gasteiger partial charge in [-0.25, -0.2) is 26.3 Å². The van der Waals surface area contributed by atoms with Crippen molar-refractivity contribution in [3.63, 3.8) is 0 Å². The molecule has 2 aromatic carbocycles. The van der Waals surface area contributed by atoms with Gasteiger partial charge in [0.15, 0.2) is 0 Å². The summed E-state index contributed by atoms with van der Waals surface area (Å²) in [5.74, 6) is -1.39. The second-order valence-corrected chi connectivity index (χ2v) is 9.40. The number of benzene rings is 2. The molecule has 0 aromatic heterocycles. The number of carbonyl (C=O) groups is 2. The van der Waals surface area contributed by atoms with E-state index in [0.717, 1.165) is 6.92 Å². The van der Waals surface area contributed by atoms with Crippen molar-refractivity contribution >= 4 is 49.1 Å². The highest BCUT2D eigenvalue weighted by Gasteiger charge is 2.17. The van der Waals surface area contributed by atoms with Crippen molar-refractivity contribution in [1.82, 2.24) is 9.44 Å². The van der Waals surface area contributed by atoms with E-state index in [4.69, 9.17) is 11.6 Å². The van der Waals surface area contributed by atoms with E-state index >= 15 is 0 Å². The van der Waals surface area contributed by atoms with Crippen LogP contribution in [0.3, 0.4) is 0 Å². The molecule has 0 saturated carbocycles. The minimum atomic E-state index is -3.98. The van der Waals surface area contributed by atoms with Gasteiger partial charge in [-0.1, -0.05) is 11.6 Å². The third-order valence-electron chi connectivity index (χ3n) is 3.27. The fourth-order valence-electron chi connectivity index (χ4n) is 2.03. The van der Waals surface area contributed by atoms with Gasteiger partial charge in [0, 0.05) is 17.6 Å². The van der Waals surface area contributed by atoms with Crippen LogP contribution in [0.15, 0.2) is 58.3 Å². The second kappa shape index (κ2) is 8.69. The lowest BCUT2D eigenvalue weighted by molar-refractivity contribution is -0.117. The number of halogens is 1. The summed E-state index contributed by atoms with van der Waals surface area (Å²) < 4.78 is 51.9. The molecule has 0 aliphatic carbocycles. The predicted octanol–water partition coefficient (Wildman–Crippen LogP) is 1.08. The lowest BCUT2D eigenvalue weighted by Gasteiger charge is -2.09. The van der Waals surface area contributed by atoms with Gasteiger partial charge in [-0.2, -0.15) is 0 Å². The number of anilines is 1. The van der Waals surface area contributed by atoms with E-state index in [1.807, 2.05) is 4.72 Å². The van der Waals surface area contributed by atoms with E-state index in [1.165, 1.54) is 48.5 Å². The van der Waals surface area contributed by atoms with E-state index in [1.54, 1.807) is 0 Å². The van der Waals surface area contributed by atoms with Gasteiger partial charge < -0.3 is 5.32 Å². The van der Waals surface area contributed by atoms with Crippen LogP contribution in [0.5, 0.6) is 0 Å². The zero-order valence-corrected chi connectivity index (χ0v) is 16.9. The molecule has 0 bridgehead atoms. The molecule has 0 radical (unpaired) electrons. The average Bonchev–Trinajstić information content (AvgIpc) is 2.60. The zero-order chi connectivity index (χ0) is 20.9. The van der Waals surface area contributed by atoms with E-state index in [0.29, 0.717) is 5.02 Å². The van der Waals surface area contributed by atoms with Gasteiger partial charge in [0.05, 0.1) is 16.3 Å². The summed E-state index contributed by atoms with van der Waals surface area (Å²) in [7, 11) is -7.87. The Morgan fingerprint density at radius 1 is 0.857 bits per heavy atom. The van der Waals surface area contributed by atoms with Crippen molar-refractivity contribution in [1.29, 1.82) is 0 Å². The van der Waals surface area contributed by atoms with Crippen molar-refractivity contribution in [2.75, 3.05) is 11.9 Å². The summed E-state index contributed by atoms with van der Waals surface area (Å²) in [5, 5.41) is 2.80. The predicted molar refractivity (Wildman–Crippen MR) is 103 cm³/mol. The molecule has 0 saturated heterocycles. The van der Waals surface area contributed by atoms with Gasteiger partial charge in [0.2, 0.25) is 21.8 Å². The van der Waals surface area contributed by atoms with E-state index in [2.05, 4.69) is 10.0 Å². The number of amides is 2. The molecule has 150 valence electrons. The number of carbonyl (C=O) groups excluding carboxylic acids is 2. The Labute approximate surface area is 167 Å². The molecule has 0 atom stereocenters. The molecule has 0 spiro atoms. The highest BCUT2D eigenvalue weighted by Crippen LogP contribution is 2.15. The highest BCUT2D eigenvalue weighted by molar-refractivity contribution is 7.90. The fourth-order valence-corrected chi connectivity index (χ4v) is 4.13. The first-order valence-electron chi connectivity index (χ1n) is 7.68. The van der Waals surface area contributed by atoms with Crippen molar-refractivity contribution in [2.45, 2.75) is 16.7 Å². The lowest BCUT2D eigenvalue weighted by atomic mass is 10.3. The van der Waals surface area contributed by atoms with Crippen LogP contribution in [-0.2, 0) is 29.6 Å². The smallest absolute Gasteiger partial charge is 0.264 e. The number of nitrogens with one attached hydrogen (secondary N) is 3. The van der Waals surface area contributed by atoms with Gasteiger partial charge >= 0.3 is 0 Å². The van der Waals surface area contributed by atoms with Gasteiger partial charge in [-0.15, -0.1) is 0 Å². The Morgan fingerprint density at radius 3 is 1.89 bits per heavy atom. The Kier molecular flexibility index (Phi) is 6.77. The molecular formula is C16H16ClN3O6S2. The summed E-state index contributed by atoms with van der Waals surface area (Å²) in [6, 6.07) is 10.4. The van der Waals surface area contributed by atoms with Crippen LogP contribution < -0.4 is 14.8 Å². The molecule has 2 amide bonds. The molecule has 0 unspecified atom stereocenters. The number of hydrogen-bond acceptors (Lipinski definition) is 6. The molecule has 28 heavy (non-hydrogen) atoms. The molecule has 2 aromatic rings. The van der Waals surface area contributed by atoms with Crippen molar-refractivity contribution in [3.05, 3.63) is 53.6 Å².